The molecular formula is C10H8BrNO2. The SMILES string of the molecule is CC(C#N)Oc1ccc(Br)cc1C=O. The van der Waals surface area contributed by atoms with E-state index >= 15 is 0 Å². The number of benzene rings is 1. The number of ether oxygens (including phenoxy) is 1. The van der Waals surface area contributed by atoms with Gasteiger partial charge in [-0.05, 0) is 25.1 Å². The van der Waals surface area contributed by atoms with Crippen molar-refractivity contribution in [1.29, 1.82) is 5.26 Å². The van der Waals surface area contributed by atoms with Gasteiger partial charge in [0, 0.05) is 4.47 Å². The molecule has 1 atom stereocenters. The molecular weight excluding hydrogens is 246 g/mol. The predicted molar refractivity (Wildman–Crippen MR) is 55.2 cm³/mol. The predicted octanol–water partition coefficient (Wildman–Crippen LogP) is 2.55. The average molecular weight is 254 g/mol. The van der Waals surface area contributed by atoms with Crippen LogP contribution in [0, 0.1) is 11.3 Å². The van der Waals surface area contributed by atoms with Gasteiger partial charge in [-0.2, -0.15) is 5.26 Å². The topological polar surface area (TPSA) is 50.1 Å². The number of hydrogen-bond donors (Lipinski definition) is 0. The molecule has 0 spiro atoms. The van der Waals surface area contributed by atoms with Crippen LogP contribution in [0.25, 0.3) is 0 Å². The Hall–Kier alpha value is -1.34. The zero-order valence-electron chi connectivity index (χ0n) is 7.53. The summed E-state index contributed by atoms with van der Waals surface area (Å²) in [7, 11) is 0. The van der Waals surface area contributed by atoms with Crippen LogP contribution in [0.15, 0.2) is 22.7 Å². The van der Waals surface area contributed by atoms with Crippen LogP contribution in [-0.4, -0.2) is 12.4 Å². The van der Waals surface area contributed by atoms with Gasteiger partial charge in [-0.15, -0.1) is 0 Å². The molecule has 4 heteroatoms. The van der Waals surface area contributed by atoms with Gasteiger partial charge in [0.1, 0.15) is 11.8 Å². The van der Waals surface area contributed by atoms with E-state index in [9.17, 15) is 4.79 Å². The van der Waals surface area contributed by atoms with Crippen molar-refractivity contribution in [2.45, 2.75) is 13.0 Å². The minimum absolute atomic E-state index is 0.428. The molecule has 0 aliphatic heterocycles. The Balaban J connectivity index is 2.97. The van der Waals surface area contributed by atoms with Crippen molar-refractivity contribution in [3.05, 3.63) is 28.2 Å². The fourth-order valence-electron chi connectivity index (χ4n) is 0.936. The highest BCUT2D eigenvalue weighted by atomic mass is 79.9. The standard InChI is InChI=1S/C10H8BrNO2/c1-7(5-12)14-10-3-2-9(11)4-8(10)6-13/h2-4,6-7H,1H3. The minimum Gasteiger partial charge on any atom is -0.475 e. The number of carbonyl (C=O) groups is 1. The lowest BCUT2D eigenvalue weighted by atomic mass is 10.2. The zero-order valence-corrected chi connectivity index (χ0v) is 9.11. The summed E-state index contributed by atoms with van der Waals surface area (Å²) in [5.41, 5.74) is 0.432. The van der Waals surface area contributed by atoms with Crippen LogP contribution in [0.4, 0.5) is 0 Å². The van der Waals surface area contributed by atoms with Gasteiger partial charge in [-0.1, -0.05) is 15.9 Å². The normalized spacial score (nSPS) is 11.5. The Morgan fingerprint density at radius 2 is 2.36 bits per heavy atom. The quantitative estimate of drug-likeness (QED) is 0.779. The van der Waals surface area contributed by atoms with Gasteiger partial charge in [-0.25, -0.2) is 0 Å². The van der Waals surface area contributed by atoms with Crippen LogP contribution in [0.1, 0.15) is 17.3 Å². The van der Waals surface area contributed by atoms with E-state index in [0.717, 1.165) is 4.47 Å². The molecule has 0 amide bonds. The molecule has 72 valence electrons. The molecule has 14 heavy (non-hydrogen) atoms. The van der Waals surface area contributed by atoms with E-state index in [0.29, 0.717) is 17.6 Å². The van der Waals surface area contributed by atoms with Crippen LogP contribution in [0.5, 0.6) is 5.75 Å². The van der Waals surface area contributed by atoms with Gasteiger partial charge < -0.3 is 4.74 Å². The first-order chi connectivity index (χ1) is 6.67. The van der Waals surface area contributed by atoms with Gasteiger partial charge in [-0.3, -0.25) is 4.79 Å². The van der Waals surface area contributed by atoms with Gasteiger partial charge in [0.25, 0.3) is 0 Å². The van der Waals surface area contributed by atoms with Gasteiger partial charge >= 0.3 is 0 Å². The first-order valence-electron chi connectivity index (χ1n) is 3.98. The van der Waals surface area contributed by atoms with Crippen molar-refractivity contribution >= 4 is 22.2 Å². The third-order valence-corrected chi connectivity index (χ3v) is 2.08. The molecule has 0 bridgehead atoms. The Morgan fingerprint density at radius 1 is 1.64 bits per heavy atom. The summed E-state index contributed by atoms with van der Waals surface area (Å²) in [5.74, 6) is 0.428. The van der Waals surface area contributed by atoms with Crippen LogP contribution in [0.3, 0.4) is 0 Å². The second kappa shape index (κ2) is 4.77. The molecule has 1 aromatic carbocycles. The maximum absolute atomic E-state index is 10.7. The summed E-state index contributed by atoms with van der Waals surface area (Å²) in [4.78, 5) is 10.7. The number of halogens is 1. The third-order valence-electron chi connectivity index (χ3n) is 1.58. The molecule has 1 rings (SSSR count). The van der Waals surface area contributed by atoms with Gasteiger partial charge in [0.15, 0.2) is 12.4 Å². The molecule has 0 N–H and O–H groups in total. The zero-order chi connectivity index (χ0) is 10.6. The summed E-state index contributed by atoms with van der Waals surface area (Å²) in [5, 5.41) is 8.54. The van der Waals surface area contributed by atoms with Crippen molar-refractivity contribution in [3.8, 4) is 11.8 Å². The monoisotopic (exact) mass is 253 g/mol. The lowest BCUT2D eigenvalue weighted by Crippen LogP contribution is -2.09. The van der Waals surface area contributed by atoms with Crippen molar-refractivity contribution in [2.24, 2.45) is 0 Å². The van der Waals surface area contributed by atoms with Crippen molar-refractivity contribution < 1.29 is 9.53 Å². The molecule has 3 nitrogen and oxygen atoms in total. The summed E-state index contributed by atoms with van der Waals surface area (Å²) in [6.07, 6.45) is 0.138. The summed E-state index contributed by atoms with van der Waals surface area (Å²) >= 11 is 3.24. The Kier molecular flexibility index (Phi) is 3.66. The highest BCUT2D eigenvalue weighted by molar-refractivity contribution is 9.10. The average Bonchev–Trinajstić information content (AvgIpc) is 2.20. The van der Waals surface area contributed by atoms with Crippen molar-refractivity contribution in [1.82, 2.24) is 0 Å². The van der Waals surface area contributed by atoms with E-state index in [2.05, 4.69) is 15.9 Å². The maximum Gasteiger partial charge on any atom is 0.181 e. The molecule has 0 aliphatic rings. The Bertz CT molecular complexity index is 384. The van der Waals surface area contributed by atoms with E-state index in [-0.39, 0.29) is 0 Å². The van der Waals surface area contributed by atoms with E-state index in [1.807, 2.05) is 6.07 Å². The number of rotatable bonds is 3. The first-order valence-corrected chi connectivity index (χ1v) is 4.77. The van der Waals surface area contributed by atoms with Crippen LogP contribution in [0.2, 0.25) is 0 Å². The fourth-order valence-corrected chi connectivity index (χ4v) is 1.31. The fraction of sp³-hybridized carbons (Fsp3) is 0.200. The van der Waals surface area contributed by atoms with E-state index < -0.39 is 6.10 Å². The van der Waals surface area contributed by atoms with E-state index in [4.69, 9.17) is 10.00 Å². The molecule has 0 radical (unpaired) electrons. The molecule has 0 heterocycles. The highest BCUT2D eigenvalue weighted by Gasteiger charge is 2.07. The van der Waals surface area contributed by atoms with E-state index in [1.54, 1.807) is 25.1 Å². The smallest absolute Gasteiger partial charge is 0.181 e. The maximum atomic E-state index is 10.7. The lowest BCUT2D eigenvalue weighted by Gasteiger charge is -2.09. The number of nitriles is 1. The molecule has 1 aromatic rings. The number of aldehydes is 1. The summed E-state index contributed by atoms with van der Waals surface area (Å²) in [6, 6.07) is 6.99. The third kappa shape index (κ3) is 2.57. The second-order valence-electron chi connectivity index (χ2n) is 2.69. The summed E-state index contributed by atoms with van der Waals surface area (Å²) in [6.45, 7) is 1.62. The molecule has 0 saturated carbocycles. The minimum atomic E-state index is -0.560. The lowest BCUT2D eigenvalue weighted by molar-refractivity contribution is 0.111. The number of carbonyl (C=O) groups excluding carboxylic acids is 1. The Labute approximate surface area is 90.4 Å². The second-order valence-corrected chi connectivity index (χ2v) is 3.60. The van der Waals surface area contributed by atoms with Gasteiger partial charge in [0.05, 0.1) is 5.56 Å². The van der Waals surface area contributed by atoms with Crippen molar-refractivity contribution in [3.63, 3.8) is 0 Å². The van der Waals surface area contributed by atoms with Gasteiger partial charge in [0.2, 0.25) is 0 Å². The molecule has 0 saturated heterocycles. The molecule has 0 aliphatic carbocycles. The van der Waals surface area contributed by atoms with Crippen LogP contribution >= 0.6 is 15.9 Å². The Morgan fingerprint density at radius 3 is 2.93 bits per heavy atom. The highest BCUT2D eigenvalue weighted by Crippen LogP contribution is 2.22. The van der Waals surface area contributed by atoms with Crippen LogP contribution in [-0.2, 0) is 0 Å². The number of hydrogen-bond acceptors (Lipinski definition) is 3. The van der Waals surface area contributed by atoms with Crippen molar-refractivity contribution in [2.75, 3.05) is 0 Å². The largest absolute Gasteiger partial charge is 0.475 e. The summed E-state index contributed by atoms with van der Waals surface area (Å²) < 4.78 is 6.03. The van der Waals surface area contributed by atoms with Crippen LogP contribution < -0.4 is 4.74 Å². The molecule has 1 unspecified atom stereocenters. The molecule has 0 fully saturated rings. The van der Waals surface area contributed by atoms with E-state index in [1.165, 1.54) is 0 Å². The number of nitrogens with zero attached hydrogens (tertiary/aromatic N) is 1. The first kappa shape index (κ1) is 10.7. The molecule has 0 aromatic heterocycles.